The van der Waals surface area contributed by atoms with Gasteiger partial charge in [0.1, 0.15) is 0 Å². The summed E-state index contributed by atoms with van der Waals surface area (Å²) in [4.78, 5) is 4.54. The van der Waals surface area contributed by atoms with Crippen molar-refractivity contribution < 1.29 is 8.78 Å². The van der Waals surface area contributed by atoms with Crippen molar-refractivity contribution >= 4 is 28.2 Å². The largest absolute Gasteiger partial charge is 0.320 e. The van der Waals surface area contributed by atoms with Gasteiger partial charge in [0, 0.05) is 43.2 Å². The van der Waals surface area contributed by atoms with Crippen LogP contribution in [0, 0.1) is 0 Å². The number of aromatic nitrogens is 7. The van der Waals surface area contributed by atoms with Gasteiger partial charge in [-0.15, -0.1) is 5.10 Å². The fourth-order valence-electron chi connectivity index (χ4n) is 4.00. The highest BCUT2D eigenvalue weighted by atomic mass is 19.3. The highest BCUT2D eigenvalue weighted by molar-refractivity contribution is 5.84. The molecule has 1 N–H and O–H groups in total. The van der Waals surface area contributed by atoms with E-state index in [1.807, 2.05) is 55.8 Å². The van der Waals surface area contributed by atoms with Gasteiger partial charge >= 0.3 is 0 Å². The van der Waals surface area contributed by atoms with Gasteiger partial charge in [0.25, 0.3) is 5.92 Å². The van der Waals surface area contributed by atoms with Crippen LogP contribution in [0.5, 0.6) is 0 Å². The van der Waals surface area contributed by atoms with Crippen LogP contribution in [0.4, 0.5) is 20.4 Å². The van der Waals surface area contributed by atoms with Gasteiger partial charge in [0.05, 0.1) is 29.1 Å². The van der Waals surface area contributed by atoms with E-state index < -0.39 is 5.92 Å². The van der Waals surface area contributed by atoms with E-state index in [0.29, 0.717) is 11.6 Å². The number of aryl methyl sites for hydroxylation is 1. The van der Waals surface area contributed by atoms with E-state index in [1.165, 1.54) is 0 Å². The van der Waals surface area contributed by atoms with E-state index in [0.717, 1.165) is 27.8 Å². The Bertz CT molecular complexity index is 1420. The van der Waals surface area contributed by atoms with Gasteiger partial charge < -0.3 is 5.32 Å². The third-order valence-corrected chi connectivity index (χ3v) is 5.58. The summed E-state index contributed by atoms with van der Waals surface area (Å²) in [7, 11) is 1.84. The van der Waals surface area contributed by atoms with Crippen LogP contribution in [-0.2, 0) is 7.05 Å². The van der Waals surface area contributed by atoms with Gasteiger partial charge in [-0.05, 0) is 24.3 Å². The molecule has 0 aliphatic heterocycles. The topological polar surface area (TPSA) is 77.9 Å². The molecule has 0 radical (unpaired) electrons. The molecular weight excluding hydrogens is 402 g/mol. The number of nitrogens with zero attached hydrogens (tertiary/aromatic N) is 7. The van der Waals surface area contributed by atoms with Gasteiger partial charge in [-0.2, -0.15) is 15.2 Å². The van der Waals surface area contributed by atoms with E-state index in [-0.39, 0.29) is 18.9 Å². The zero-order chi connectivity index (χ0) is 21.2. The fourth-order valence-corrected chi connectivity index (χ4v) is 4.00. The summed E-state index contributed by atoms with van der Waals surface area (Å²) in [6.07, 6.45) is 5.08. The summed E-state index contributed by atoms with van der Waals surface area (Å²) in [5, 5.41) is 17.3. The Morgan fingerprint density at radius 1 is 1.10 bits per heavy atom. The highest BCUT2D eigenvalue weighted by Crippen LogP contribution is 2.45. The molecule has 156 valence electrons. The average Bonchev–Trinajstić information content (AvgIpc) is 3.42. The SMILES string of the molecule is Cn1cc(Nc2nc3cccc(-c4ccc5nn(C6CC(F)(F)C6)cc5c4)n3n2)cn1. The molecule has 10 heteroatoms. The molecule has 1 fully saturated rings. The van der Waals surface area contributed by atoms with Gasteiger partial charge in [0.2, 0.25) is 5.95 Å². The van der Waals surface area contributed by atoms with Crippen LogP contribution in [0.1, 0.15) is 18.9 Å². The van der Waals surface area contributed by atoms with E-state index >= 15 is 0 Å². The molecule has 0 amide bonds. The minimum atomic E-state index is -2.57. The zero-order valence-electron chi connectivity index (χ0n) is 16.6. The van der Waals surface area contributed by atoms with Crippen LogP contribution in [-0.4, -0.2) is 40.1 Å². The number of fused-ring (bicyclic) bond motifs is 2. The maximum Gasteiger partial charge on any atom is 0.252 e. The number of benzene rings is 1. The average molecular weight is 420 g/mol. The lowest BCUT2D eigenvalue weighted by molar-refractivity contribution is -0.106. The Labute approximate surface area is 175 Å². The second kappa shape index (κ2) is 6.34. The van der Waals surface area contributed by atoms with Crippen molar-refractivity contribution in [3.8, 4) is 11.3 Å². The Balaban J connectivity index is 1.35. The van der Waals surface area contributed by atoms with E-state index in [9.17, 15) is 8.78 Å². The predicted octanol–water partition coefficient (Wildman–Crippen LogP) is 4.19. The van der Waals surface area contributed by atoms with Gasteiger partial charge in [-0.1, -0.05) is 12.1 Å². The second-order valence-corrected chi connectivity index (χ2v) is 7.94. The molecule has 8 nitrogen and oxygen atoms in total. The monoisotopic (exact) mass is 420 g/mol. The molecule has 6 rings (SSSR count). The summed E-state index contributed by atoms with van der Waals surface area (Å²) >= 11 is 0. The number of hydrogen-bond donors (Lipinski definition) is 1. The molecule has 4 aromatic heterocycles. The first-order valence-electron chi connectivity index (χ1n) is 9.92. The standard InChI is InChI=1S/C21H18F2N8/c1-29-12-15(10-24-29)25-20-26-19-4-2-3-18(31(19)28-20)13-5-6-17-14(7-13)11-30(27-17)16-8-21(22,23)9-16/h2-7,10-12,16H,8-9H2,1H3,(H,25,28). The van der Waals surface area contributed by atoms with Gasteiger partial charge in [-0.3, -0.25) is 9.36 Å². The van der Waals surface area contributed by atoms with Crippen molar-refractivity contribution in [1.82, 2.24) is 34.2 Å². The number of nitrogens with one attached hydrogen (secondary N) is 1. The van der Waals surface area contributed by atoms with Crippen LogP contribution in [0.3, 0.4) is 0 Å². The molecule has 0 unspecified atom stereocenters. The van der Waals surface area contributed by atoms with Crippen LogP contribution in [0.2, 0.25) is 0 Å². The molecular formula is C21H18F2N8. The molecule has 31 heavy (non-hydrogen) atoms. The number of rotatable bonds is 4. The predicted molar refractivity (Wildman–Crippen MR) is 111 cm³/mol. The van der Waals surface area contributed by atoms with Gasteiger partial charge in [0.15, 0.2) is 5.65 Å². The molecule has 0 bridgehead atoms. The van der Waals surface area contributed by atoms with Crippen LogP contribution in [0.25, 0.3) is 27.8 Å². The molecule has 0 atom stereocenters. The van der Waals surface area contributed by atoms with Crippen molar-refractivity contribution in [3.63, 3.8) is 0 Å². The number of hydrogen-bond acceptors (Lipinski definition) is 5. The Morgan fingerprint density at radius 2 is 1.97 bits per heavy atom. The minimum Gasteiger partial charge on any atom is -0.320 e. The van der Waals surface area contributed by atoms with Crippen LogP contribution >= 0.6 is 0 Å². The smallest absolute Gasteiger partial charge is 0.252 e. The summed E-state index contributed by atoms with van der Waals surface area (Å²) in [6.45, 7) is 0. The lowest BCUT2D eigenvalue weighted by Crippen LogP contribution is -2.37. The minimum absolute atomic E-state index is 0.154. The van der Waals surface area contributed by atoms with Crippen molar-refractivity contribution in [3.05, 3.63) is 55.0 Å². The molecule has 0 spiro atoms. The number of alkyl halides is 2. The third-order valence-electron chi connectivity index (χ3n) is 5.58. The highest BCUT2D eigenvalue weighted by Gasteiger charge is 2.46. The Kier molecular flexibility index (Phi) is 3.68. The lowest BCUT2D eigenvalue weighted by Gasteiger charge is -2.34. The van der Waals surface area contributed by atoms with E-state index in [1.54, 1.807) is 20.1 Å². The second-order valence-electron chi connectivity index (χ2n) is 7.94. The molecule has 5 aromatic rings. The molecule has 1 aliphatic carbocycles. The number of pyridine rings is 1. The molecule has 1 saturated carbocycles. The molecule has 4 heterocycles. The van der Waals surface area contributed by atoms with Crippen molar-refractivity contribution in [1.29, 1.82) is 0 Å². The Morgan fingerprint density at radius 3 is 2.74 bits per heavy atom. The molecule has 1 aromatic carbocycles. The van der Waals surface area contributed by atoms with E-state index in [4.69, 9.17) is 0 Å². The normalized spacial score (nSPS) is 16.1. The van der Waals surface area contributed by atoms with Crippen molar-refractivity contribution in [2.45, 2.75) is 24.8 Å². The maximum absolute atomic E-state index is 13.2. The first-order valence-corrected chi connectivity index (χ1v) is 9.92. The Hall–Kier alpha value is -3.82. The fraction of sp³-hybridized carbons (Fsp3) is 0.238. The van der Waals surface area contributed by atoms with E-state index in [2.05, 4.69) is 25.6 Å². The first-order chi connectivity index (χ1) is 14.9. The summed E-state index contributed by atoms with van der Waals surface area (Å²) in [5.41, 5.74) is 4.10. The quantitative estimate of drug-likeness (QED) is 0.472. The number of anilines is 2. The van der Waals surface area contributed by atoms with Crippen LogP contribution < -0.4 is 5.32 Å². The summed E-state index contributed by atoms with van der Waals surface area (Å²) in [6, 6.07) is 11.4. The molecule has 0 saturated heterocycles. The summed E-state index contributed by atoms with van der Waals surface area (Å²) < 4.78 is 31.6. The van der Waals surface area contributed by atoms with Crippen molar-refractivity contribution in [2.75, 3.05) is 5.32 Å². The van der Waals surface area contributed by atoms with Gasteiger partial charge in [-0.25, -0.2) is 13.3 Å². The van der Waals surface area contributed by atoms with Crippen LogP contribution in [0.15, 0.2) is 55.0 Å². The zero-order valence-corrected chi connectivity index (χ0v) is 16.6. The molecule has 1 aliphatic rings. The third kappa shape index (κ3) is 3.11. The first kappa shape index (κ1) is 18.0. The maximum atomic E-state index is 13.2. The summed E-state index contributed by atoms with van der Waals surface area (Å²) in [5.74, 6) is -2.10. The van der Waals surface area contributed by atoms with Crippen molar-refractivity contribution in [2.24, 2.45) is 7.05 Å². The lowest BCUT2D eigenvalue weighted by atomic mass is 9.88. The number of halogens is 2.